The lowest BCUT2D eigenvalue weighted by Gasteiger charge is -2.35. The molecule has 1 aromatic heterocycles. The highest BCUT2D eigenvalue weighted by atomic mass is 16.5. The van der Waals surface area contributed by atoms with Gasteiger partial charge in [-0.3, -0.25) is 14.6 Å². The second-order valence-corrected chi connectivity index (χ2v) is 7.42. The van der Waals surface area contributed by atoms with Gasteiger partial charge in [-0.2, -0.15) is 5.10 Å². The summed E-state index contributed by atoms with van der Waals surface area (Å²) in [4.78, 5) is 19.7. The number of aromatic nitrogens is 2. The Bertz CT molecular complexity index is 747. The Morgan fingerprint density at radius 3 is 2.43 bits per heavy atom. The fraction of sp³-hybridized carbons (Fsp3) is 0.524. The SMILES string of the molecule is O=C(c1ccn(-c2ccccc2)n1)N1CCN(CCN2CCCOCC2)CC1. The molecule has 0 N–H and O–H groups in total. The van der Waals surface area contributed by atoms with Crippen molar-refractivity contribution in [2.45, 2.75) is 6.42 Å². The predicted molar refractivity (Wildman–Crippen MR) is 108 cm³/mol. The van der Waals surface area contributed by atoms with Crippen molar-refractivity contribution in [3.05, 3.63) is 48.3 Å². The summed E-state index contributed by atoms with van der Waals surface area (Å²) in [5.74, 6) is 0.0269. The van der Waals surface area contributed by atoms with E-state index in [9.17, 15) is 4.79 Å². The molecule has 4 rings (SSSR count). The van der Waals surface area contributed by atoms with Gasteiger partial charge in [0.1, 0.15) is 0 Å². The lowest BCUT2D eigenvalue weighted by molar-refractivity contribution is 0.0615. The number of carbonyl (C=O) groups excluding carboxylic acids is 1. The van der Waals surface area contributed by atoms with Crippen LogP contribution in [-0.4, -0.2) is 96.0 Å². The normalized spacial score (nSPS) is 19.5. The Labute approximate surface area is 166 Å². The number of carbonyl (C=O) groups is 1. The highest BCUT2D eigenvalue weighted by Gasteiger charge is 2.24. The molecule has 0 saturated carbocycles. The Morgan fingerprint density at radius 2 is 1.64 bits per heavy atom. The smallest absolute Gasteiger partial charge is 0.274 e. The van der Waals surface area contributed by atoms with Crippen molar-refractivity contribution in [1.29, 1.82) is 0 Å². The second-order valence-electron chi connectivity index (χ2n) is 7.42. The number of ether oxygens (including phenoxy) is 1. The zero-order chi connectivity index (χ0) is 19.2. The topological polar surface area (TPSA) is 53.8 Å². The summed E-state index contributed by atoms with van der Waals surface area (Å²) in [5.41, 5.74) is 1.48. The molecule has 7 heteroatoms. The van der Waals surface area contributed by atoms with Crippen molar-refractivity contribution in [2.75, 3.05) is 65.6 Å². The summed E-state index contributed by atoms with van der Waals surface area (Å²) < 4.78 is 7.28. The third kappa shape index (κ3) is 4.79. The van der Waals surface area contributed by atoms with E-state index in [1.54, 1.807) is 4.68 Å². The molecule has 150 valence electrons. The number of amides is 1. The number of rotatable bonds is 5. The predicted octanol–water partition coefficient (Wildman–Crippen LogP) is 1.35. The van der Waals surface area contributed by atoms with Crippen LogP contribution in [0, 0.1) is 0 Å². The fourth-order valence-corrected chi connectivity index (χ4v) is 3.80. The average Bonchev–Trinajstić information content (AvgIpc) is 3.10. The maximum absolute atomic E-state index is 12.8. The Balaban J connectivity index is 1.25. The average molecular weight is 383 g/mol. The standard InChI is InChI=1S/C21H29N5O2/c27-21(20-7-9-26(22-20)19-5-2-1-3-6-19)25-14-12-24(13-15-25)11-10-23-8-4-17-28-18-16-23/h1-3,5-7,9H,4,8,10-18H2. The van der Waals surface area contributed by atoms with Gasteiger partial charge in [0.25, 0.3) is 5.91 Å². The Hall–Kier alpha value is -2.22. The van der Waals surface area contributed by atoms with Gasteiger partial charge in [0.2, 0.25) is 0 Å². The summed E-state index contributed by atoms with van der Waals surface area (Å²) in [5, 5.41) is 4.47. The monoisotopic (exact) mass is 383 g/mol. The second kappa shape index (κ2) is 9.32. The largest absolute Gasteiger partial charge is 0.380 e. The third-order valence-electron chi connectivity index (χ3n) is 5.54. The summed E-state index contributed by atoms with van der Waals surface area (Å²) >= 11 is 0. The van der Waals surface area contributed by atoms with Crippen LogP contribution >= 0.6 is 0 Å². The van der Waals surface area contributed by atoms with Gasteiger partial charge in [0.05, 0.1) is 12.3 Å². The summed E-state index contributed by atoms with van der Waals surface area (Å²) in [7, 11) is 0. The van der Waals surface area contributed by atoms with Crippen LogP contribution in [-0.2, 0) is 4.74 Å². The van der Waals surface area contributed by atoms with Gasteiger partial charge < -0.3 is 9.64 Å². The van der Waals surface area contributed by atoms with Crippen molar-refractivity contribution in [2.24, 2.45) is 0 Å². The Morgan fingerprint density at radius 1 is 0.893 bits per heavy atom. The van der Waals surface area contributed by atoms with E-state index in [0.29, 0.717) is 5.69 Å². The van der Waals surface area contributed by atoms with Crippen LogP contribution in [0.2, 0.25) is 0 Å². The van der Waals surface area contributed by atoms with E-state index in [0.717, 1.165) is 77.7 Å². The van der Waals surface area contributed by atoms with Crippen LogP contribution in [0.1, 0.15) is 16.9 Å². The van der Waals surface area contributed by atoms with Gasteiger partial charge in [-0.25, -0.2) is 4.68 Å². The number of para-hydroxylation sites is 1. The minimum atomic E-state index is 0.0269. The van der Waals surface area contributed by atoms with E-state index in [-0.39, 0.29) is 5.91 Å². The molecular weight excluding hydrogens is 354 g/mol. The quantitative estimate of drug-likeness (QED) is 0.780. The number of hydrogen-bond acceptors (Lipinski definition) is 5. The molecule has 3 heterocycles. The number of hydrogen-bond donors (Lipinski definition) is 0. The van der Waals surface area contributed by atoms with Crippen molar-refractivity contribution in [1.82, 2.24) is 24.5 Å². The van der Waals surface area contributed by atoms with Gasteiger partial charge in [0, 0.05) is 65.2 Å². The molecule has 0 aliphatic carbocycles. The first kappa shape index (κ1) is 19.1. The van der Waals surface area contributed by atoms with E-state index in [1.165, 1.54) is 0 Å². The molecular formula is C21H29N5O2. The summed E-state index contributed by atoms with van der Waals surface area (Å²) in [6.45, 7) is 9.41. The third-order valence-corrected chi connectivity index (χ3v) is 5.54. The molecule has 28 heavy (non-hydrogen) atoms. The molecule has 0 spiro atoms. The number of benzene rings is 1. The summed E-state index contributed by atoms with van der Waals surface area (Å²) in [6.07, 6.45) is 2.97. The molecule has 1 amide bonds. The molecule has 0 unspecified atom stereocenters. The van der Waals surface area contributed by atoms with E-state index < -0.39 is 0 Å². The van der Waals surface area contributed by atoms with E-state index >= 15 is 0 Å². The van der Waals surface area contributed by atoms with Gasteiger partial charge in [-0.05, 0) is 24.6 Å². The molecule has 0 atom stereocenters. The van der Waals surface area contributed by atoms with Crippen LogP contribution in [0.25, 0.3) is 5.69 Å². The van der Waals surface area contributed by atoms with Crippen LogP contribution in [0.3, 0.4) is 0 Å². The van der Waals surface area contributed by atoms with Gasteiger partial charge >= 0.3 is 0 Å². The highest BCUT2D eigenvalue weighted by molar-refractivity contribution is 5.92. The van der Waals surface area contributed by atoms with E-state index in [1.807, 2.05) is 47.5 Å². The minimum absolute atomic E-state index is 0.0269. The van der Waals surface area contributed by atoms with E-state index in [4.69, 9.17) is 4.74 Å². The van der Waals surface area contributed by atoms with Gasteiger partial charge in [0.15, 0.2) is 5.69 Å². The van der Waals surface area contributed by atoms with Crippen molar-refractivity contribution in [3.8, 4) is 5.69 Å². The minimum Gasteiger partial charge on any atom is -0.380 e. The zero-order valence-corrected chi connectivity index (χ0v) is 16.4. The highest BCUT2D eigenvalue weighted by Crippen LogP contribution is 2.11. The van der Waals surface area contributed by atoms with Crippen LogP contribution in [0.5, 0.6) is 0 Å². The van der Waals surface area contributed by atoms with Crippen molar-refractivity contribution < 1.29 is 9.53 Å². The van der Waals surface area contributed by atoms with Crippen LogP contribution < -0.4 is 0 Å². The van der Waals surface area contributed by atoms with Crippen molar-refractivity contribution in [3.63, 3.8) is 0 Å². The van der Waals surface area contributed by atoms with Gasteiger partial charge in [-0.1, -0.05) is 18.2 Å². The number of nitrogens with zero attached hydrogens (tertiary/aromatic N) is 5. The maximum Gasteiger partial charge on any atom is 0.274 e. The van der Waals surface area contributed by atoms with Crippen LogP contribution in [0.15, 0.2) is 42.6 Å². The maximum atomic E-state index is 12.8. The molecule has 2 saturated heterocycles. The Kier molecular flexibility index (Phi) is 6.36. The first-order valence-electron chi connectivity index (χ1n) is 10.2. The molecule has 1 aromatic carbocycles. The zero-order valence-electron chi connectivity index (χ0n) is 16.4. The summed E-state index contributed by atoms with van der Waals surface area (Å²) in [6, 6.07) is 11.7. The molecule has 2 aromatic rings. The molecule has 2 aliphatic rings. The van der Waals surface area contributed by atoms with E-state index in [2.05, 4.69) is 14.9 Å². The molecule has 2 fully saturated rings. The first-order valence-corrected chi connectivity index (χ1v) is 10.2. The number of piperazine rings is 1. The molecule has 0 radical (unpaired) electrons. The fourth-order valence-electron chi connectivity index (χ4n) is 3.80. The lowest BCUT2D eigenvalue weighted by atomic mass is 10.2. The molecule has 0 bridgehead atoms. The molecule has 7 nitrogen and oxygen atoms in total. The lowest BCUT2D eigenvalue weighted by Crippen LogP contribution is -2.50. The van der Waals surface area contributed by atoms with Crippen molar-refractivity contribution >= 4 is 5.91 Å². The van der Waals surface area contributed by atoms with Gasteiger partial charge in [-0.15, -0.1) is 0 Å². The molecule has 2 aliphatic heterocycles. The first-order chi connectivity index (χ1) is 13.8. The van der Waals surface area contributed by atoms with Crippen LogP contribution in [0.4, 0.5) is 0 Å².